The maximum absolute atomic E-state index is 13.6. The van der Waals surface area contributed by atoms with Gasteiger partial charge in [-0.05, 0) is 74.8 Å². The van der Waals surface area contributed by atoms with Crippen LogP contribution in [0.3, 0.4) is 0 Å². The number of benzene rings is 3. The monoisotopic (exact) mass is 670 g/mol. The number of carbonyl (C=O) groups excluding carboxylic acids is 3. The second-order valence-corrected chi connectivity index (χ2v) is 13.6. The predicted octanol–water partition coefficient (Wildman–Crippen LogP) is 5.26. The van der Waals surface area contributed by atoms with Gasteiger partial charge in [-0.2, -0.15) is 0 Å². The van der Waals surface area contributed by atoms with Gasteiger partial charge in [0.15, 0.2) is 0 Å². The number of nitrogen functional groups attached to an aromatic ring is 1. The summed E-state index contributed by atoms with van der Waals surface area (Å²) in [5.41, 5.74) is 9.89. The van der Waals surface area contributed by atoms with Crippen molar-refractivity contribution < 1.29 is 24.2 Å². The highest BCUT2D eigenvalue weighted by Crippen LogP contribution is 2.30. The van der Waals surface area contributed by atoms with E-state index >= 15 is 0 Å². The van der Waals surface area contributed by atoms with Crippen LogP contribution in [0.15, 0.2) is 66.7 Å². The second kappa shape index (κ2) is 16.7. The molecule has 11 nitrogen and oxygen atoms in total. The molecule has 2 aliphatic rings. The molecule has 0 saturated heterocycles. The van der Waals surface area contributed by atoms with Crippen LogP contribution in [0.25, 0.3) is 0 Å². The van der Waals surface area contributed by atoms with Crippen LogP contribution in [0, 0.1) is 5.92 Å². The molecule has 0 bridgehead atoms. The second-order valence-electron chi connectivity index (χ2n) is 13.6. The van der Waals surface area contributed by atoms with Gasteiger partial charge in [0.1, 0.15) is 11.9 Å². The number of amides is 4. The molecule has 1 aliphatic carbocycles. The quantitative estimate of drug-likeness (QED) is 0.185. The van der Waals surface area contributed by atoms with Gasteiger partial charge in [0.05, 0.1) is 30.4 Å². The Labute approximate surface area is 289 Å². The van der Waals surface area contributed by atoms with E-state index in [9.17, 15) is 19.5 Å². The van der Waals surface area contributed by atoms with Gasteiger partial charge in [-0.15, -0.1) is 0 Å². The van der Waals surface area contributed by atoms with E-state index < -0.39 is 0 Å². The molecule has 49 heavy (non-hydrogen) atoms. The number of anilines is 3. The van der Waals surface area contributed by atoms with Crippen molar-refractivity contribution in [1.82, 2.24) is 15.1 Å². The fourth-order valence-electron chi connectivity index (χ4n) is 6.57. The van der Waals surface area contributed by atoms with Crippen LogP contribution in [0.5, 0.6) is 5.75 Å². The van der Waals surface area contributed by atoms with Crippen molar-refractivity contribution in [2.24, 2.45) is 5.92 Å². The van der Waals surface area contributed by atoms with Gasteiger partial charge in [-0.1, -0.05) is 50.5 Å². The molecule has 0 radical (unpaired) electrons. The fourth-order valence-corrected chi connectivity index (χ4v) is 6.57. The highest BCUT2D eigenvalue weighted by Gasteiger charge is 2.31. The Morgan fingerprint density at radius 1 is 1.04 bits per heavy atom. The van der Waals surface area contributed by atoms with E-state index in [1.165, 1.54) is 6.42 Å². The zero-order valence-electron chi connectivity index (χ0n) is 28.8. The number of carbonyl (C=O) groups is 3. The van der Waals surface area contributed by atoms with Crippen LogP contribution in [-0.4, -0.2) is 77.7 Å². The largest absolute Gasteiger partial charge is 0.488 e. The SMILES string of the molecule is C[C@H](CO)N1C[C@H](C)[C@@H](CN(C)Cc2ccc(C(=O)Nc3ccccc3N)cc2)Oc2ccc(NC(=O)NC3CCCCC3)cc2CC1=O. The molecule has 3 aromatic carbocycles. The lowest BCUT2D eigenvalue weighted by molar-refractivity contribution is -0.134. The van der Waals surface area contributed by atoms with E-state index in [0.717, 1.165) is 31.2 Å². The molecule has 262 valence electrons. The summed E-state index contributed by atoms with van der Waals surface area (Å²) in [4.78, 5) is 43.1. The molecule has 3 aromatic rings. The average molecular weight is 671 g/mol. The van der Waals surface area contributed by atoms with Gasteiger partial charge in [-0.25, -0.2) is 4.79 Å². The molecule has 0 unspecified atom stereocenters. The van der Waals surface area contributed by atoms with Crippen LogP contribution < -0.4 is 26.4 Å². The minimum atomic E-state index is -0.355. The zero-order chi connectivity index (χ0) is 34.9. The Balaban J connectivity index is 1.27. The zero-order valence-corrected chi connectivity index (χ0v) is 28.8. The molecule has 6 N–H and O–H groups in total. The first-order valence-corrected chi connectivity index (χ1v) is 17.3. The third kappa shape index (κ3) is 9.73. The summed E-state index contributed by atoms with van der Waals surface area (Å²) in [6.45, 7) is 5.37. The number of hydrogen-bond donors (Lipinski definition) is 5. The molecule has 5 rings (SSSR count). The number of nitrogens with one attached hydrogen (secondary N) is 3. The highest BCUT2D eigenvalue weighted by atomic mass is 16.5. The van der Waals surface area contributed by atoms with Crippen molar-refractivity contribution in [3.8, 4) is 5.75 Å². The molecular weight excluding hydrogens is 620 g/mol. The summed E-state index contributed by atoms with van der Waals surface area (Å²) >= 11 is 0. The molecule has 0 spiro atoms. The minimum Gasteiger partial charge on any atom is -0.488 e. The van der Waals surface area contributed by atoms with Crippen molar-refractivity contribution in [2.75, 3.05) is 43.1 Å². The number of nitrogens with two attached hydrogens (primary N) is 1. The molecule has 1 heterocycles. The van der Waals surface area contributed by atoms with Crippen molar-refractivity contribution in [2.45, 2.75) is 77.1 Å². The molecular formula is C38H50N6O5. The van der Waals surface area contributed by atoms with E-state index in [1.807, 2.05) is 56.4 Å². The molecule has 0 aromatic heterocycles. The first kappa shape index (κ1) is 35.7. The average Bonchev–Trinajstić information content (AvgIpc) is 3.13. The number of para-hydroxylation sites is 2. The number of urea groups is 1. The summed E-state index contributed by atoms with van der Waals surface area (Å²) in [6.07, 6.45) is 5.23. The van der Waals surface area contributed by atoms with Gasteiger partial charge in [0, 0.05) is 48.4 Å². The van der Waals surface area contributed by atoms with Gasteiger partial charge < -0.3 is 36.4 Å². The van der Waals surface area contributed by atoms with Gasteiger partial charge in [0.25, 0.3) is 5.91 Å². The summed E-state index contributed by atoms with van der Waals surface area (Å²) in [5, 5.41) is 18.9. The lowest BCUT2D eigenvalue weighted by Crippen LogP contribution is -2.47. The first-order valence-electron chi connectivity index (χ1n) is 17.3. The third-order valence-electron chi connectivity index (χ3n) is 9.48. The lowest BCUT2D eigenvalue weighted by Gasteiger charge is -2.34. The number of rotatable bonds is 10. The van der Waals surface area contributed by atoms with Gasteiger partial charge >= 0.3 is 6.03 Å². The van der Waals surface area contributed by atoms with Crippen LogP contribution in [0.1, 0.15) is 67.4 Å². The fraction of sp³-hybridized carbons (Fsp3) is 0.447. The van der Waals surface area contributed by atoms with E-state index in [1.54, 1.807) is 29.2 Å². The predicted molar refractivity (Wildman–Crippen MR) is 193 cm³/mol. The summed E-state index contributed by atoms with van der Waals surface area (Å²) < 4.78 is 6.67. The number of ether oxygens (including phenoxy) is 1. The van der Waals surface area contributed by atoms with Crippen LogP contribution in [0.4, 0.5) is 21.9 Å². The van der Waals surface area contributed by atoms with E-state index in [4.69, 9.17) is 10.5 Å². The molecule has 11 heteroatoms. The Morgan fingerprint density at radius 2 is 1.78 bits per heavy atom. The number of hydrogen-bond acceptors (Lipinski definition) is 7. The number of nitrogens with zero attached hydrogens (tertiary/aromatic N) is 2. The number of aliphatic hydroxyl groups is 1. The Hall–Kier alpha value is -4.61. The van der Waals surface area contributed by atoms with Gasteiger partial charge in [-0.3, -0.25) is 14.5 Å². The summed E-state index contributed by atoms with van der Waals surface area (Å²) in [5.74, 6) is 0.213. The number of likely N-dealkylation sites (N-methyl/N-ethyl adjacent to an activating group) is 1. The van der Waals surface area contributed by atoms with Gasteiger partial charge in [0.2, 0.25) is 5.91 Å². The van der Waals surface area contributed by atoms with E-state index in [-0.39, 0.29) is 55.0 Å². The first-order chi connectivity index (χ1) is 23.6. The highest BCUT2D eigenvalue weighted by molar-refractivity contribution is 6.05. The topological polar surface area (TPSA) is 149 Å². The third-order valence-corrected chi connectivity index (χ3v) is 9.48. The molecule has 3 atom stereocenters. The van der Waals surface area contributed by atoms with E-state index in [0.29, 0.717) is 53.6 Å². The van der Waals surface area contributed by atoms with Crippen LogP contribution in [0.2, 0.25) is 0 Å². The minimum absolute atomic E-state index is 0.0538. The number of aliphatic hydroxyl groups excluding tert-OH is 1. The van der Waals surface area contributed by atoms with Crippen molar-refractivity contribution >= 4 is 34.9 Å². The summed E-state index contributed by atoms with van der Waals surface area (Å²) in [7, 11) is 2.01. The number of fused-ring (bicyclic) bond motifs is 1. The summed E-state index contributed by atoms with van der Waals surface area (Å²) in [6, 6.07) is 19.6. The lowest BCUT2D eigenvalue weighted by atomic mass is 9.96. The Morgan fingerprint density at radius 3 is 2.49 bits per heavy atom. The Bertz CT molecular complexity index is 1590. The smallest absolute Gasteiger partial charge is 0.319 e. The maximum atomic E-state index is 13.6. The van der Waals surface area contributed by atoms with Crippen LogP contribution in [-0.2, 0) is 17.8 Å². The molecule has 1 saturated carbocycles. The van der Waals surface area contributed by atoms with E-state index in [2.05, 4.69) is 27.8 Å². The maximum Gasteiger partial charge on any atom is 0.319 e. The van der Waals surface area contributed by atoms with Crippen molar-refractivity contribution in [1.29, 1.82) is 0 Å². The van der Waals surface area contributed by atoms with Crippen LogP contribution >= 0.6 is 0 Å². The molecule has 1 fully saturated rings. The van der Waals surface area contributed by atoms with Crippen molar-refractivity contribution in [3.05, 3.63) is 83.4 Å². The molecule has 1 aliphatic heterocycles. The Kier molecular flexibility index (Phi) is 12.1. The standard InChI is InChI=1S/C38H50N6O5/c1-25-21-44(26(2)24-45)36(46)20-29-19-31(41-38(48)40-30-9-5-4-6-10-30)17-18-34(29)49-35(25)23-43(3)22-27-13-15-28(16-14-27)37(47)42-33-12-8-7-11-32(33)39/h7-8,11-19,25-26,30,35,45H,4-6,9-10,20-24,39H2,1-3H3,(H,42,47)(H2,40,41,48)/t25-,26+,35+/m0/s1. The normalized spacial score (nSPS) is 19.1. The van der Waals surface area contributed by atoms with Crippen molar-refractivity contribution in [3.63, 3.8) is 0 Å². The molecule has 4 amide bonds.